The third-order valence-corrected chi connectivity index (χ3v) is 3.86. The van der Waals surface area contributed by atoms with Crippen LogP contribution in [-0.4, -0.2) is 29.0 Å². The molecule has 0 amide bonds. The zero-order chi connectivity index (χ0) is 12.8. The van der Waals surface area contributed by atoms with Gasteiger partial charge in [0.2, 0.25) is 0 Å². The van der Waals surface area contributed by atoms with Gasteiger partial charge in [0.15, 0.2) is 5.78 Å². The lowest BCUT2D eigenvalue weighted by Crippen LogP contribution is -2.06. The number of aryl methyl sites for hydroxylation is 3. The van der Waals surface area contributed by atoms with Crippen molar-refractivity contribution >= 4 is 17.5 Å². The van der Waals surface area contributed by atoms with Gasteiger partial charge < -0.3 is 5.11 Å². The van der Waals surface area contributed by atoms with E-state index in [4.69, 9.17) is 5.11 Å². The van der Waals surface area contributed by atoms with Gasteiger partial charge in [-0.05, 0) is 55.7 Å². The highest BCUT2D eigenvalue weighted by Crippen LogP contribution is 2.17. The molecule has 1 rings (SSSR count). The Bertz CT molecular complexity index is 399. The molecule has 2 nitrogen and oxygen atoms in total. The molecule has 0 bridgehead atoms. The van der Waals surface area contributed by atoms with Crippen LogP contribution < -0.4 is 0 Å². The van der Waals surface area contributed by atoms with Gasteiger partial charge in [-0.1, -0.05) is 6.07 Å². The first-order chi connectivity index (χ1) is 8.06. The second kappa shape index (κ2) is 6.82. The van der Waals surface area contributed by atoms with Gasteiger partial charge in [0.1, 0.15) is 0 Å². The van der Waals surface area contributed by atoms with E-state index in [2.05, 4.69) is 13.0 Å². The van der Waals surface area contributed by atoms with Crippen molar-refractivity contribution in [2.75, 3.05) is 18.1 Å². The lowest BCUT2D eigenvalue weighted by atomic mass is 9.99. The molecular formula is C14H20O2S. The zero-order valence-corrected chi connectivity index (χ0v) is 11.6. The van der Waals surface area contributed by atoms with E-state index in [0.29, 0.717) is 5.75 Å². The Balaban J connectivity index is 2.66. The molecule has 0 aliphatic carbocycles. The van der Waals surface area contributed by atoms with Crippen LogP contribution in [0, 0.1) is 20.8 Å². The molecule has 0 atom stereocenters. The summed E-state index contributed by atoms with van der Waals surface area (Å²) >= 11 is 1.59. The van der Waals surface area contributed by atoms with E-state index >= 15 is 0 Å². The van der Waals surface area contributed by atoms with Crippen LogP contribution in [0.4, 0.5) is 0 Å². The fourth-order valence-electron chi connectivity index (χ4n) is 1.67. The molecule has 0 spiro atoms. The van der Waals surface area contributed by atoms with Crippen molar-refractivity contribution in [3.63, 3.8) is 0 Å². The van der Waals surface area contributed by atoms with Gasteiger partial charge in [-0.3, -0.25) is 4.79 Å². The summed E-state index contributed by atoms with van der Waals surface area (Å²) in [4.78, 5) is 12.0. The molecule has 1 aromatic rings. The summed E-state index contributed by atoms with van der Waals surface area (Å²) in [7, 11) is 0. The quantitative estimate of drug-likeness (QED) is 0.625. The van der Waals surface area contributed by atoms with Gasteiger partial charge in [-0.25, -0.2) is 0 Å². The smallest absolute Gasteiger partial charge is 0.172 e. The molecule has 0 radical (unpaired) electrons. The second-order valence-electron chi connectivity index (χ2n) is 4.30. The van der Waals surface area contributed by atoms with Crippen molar-refractivity contribution in [1.29, 1.82) is 0 Å². The van der Waals surface area contributed by atoms with E-state index in [1.165, 1.54) is 11.1 Å². The summed E-state index contributed by atoms with van der Waals surface area (Å²) in [6.45, 7) is 6.28. The van der Waals surface area contributed by atoms with Gasteiger partial charge in [0.25, 0.3) is 0 Å². The first-order valence-electron chi connectivity index (χ1n) is 5.86. The highest BCUT2D eigenvalue weighted by atomic mass is 32.2. The SMILES string of the molecule is Cc1cc(C)c(C(=O)CSCCCO)cc1C. The Labute approximate surface area is 107 Å². The summed E-state index contributed by atoms with van der Waals surface area (Å²) in [5.74, 6) is 1.53. The van der Waals surface area contributed by atoms with E-state index in [0.717, 1.165) is 23.3 Å². The molecule has 1 aromatic carbocycles. The zero-order valence-electron chi connectivity index (χ0n) is 10.7. The molecule has 17 heavy (non-hydrogen) atoms. The second-order valence-corrected chi connectivity index (χ2v) is 5.41. The summed E-state index contributed by atoms with van der Waals surface area (Å²) in [5.41, 5.74) is 4.29. The molecule has 94 valence electrons. The van der Waals surface area contributed by atoms with Crippen LogP contribution in [0.2, 0.25) is 0 Å². The van der Waals surface area contributed by atoms with Crippen LogP contribution in [0.1, 0.15) is 33.5 Å². The molecule has 1 N–H and O–H groups in total. The van der Waals surface area contributed by atoms with Crippen molar-refractivity contribution in [3.8, 4) is 0 Å². The van der Waals surface area contributed by atoms with Crippen LogP contribution >= 0.6 is 11.8 Å². The number of aliphatic hydroxyl groups excluding tert-OH is 1. The van der Waals surface area contributed by atoms with Gasteiger partial charge in [-0.15, -0.1) is 0 Å². The third-order valence-electron chi connectivity index (χ3n) is 2.82. The van der Waals surface area contributed by atoms with E-state index < -0.39 is 0 Å². The first-order valence-corrected chi connectivity index (χ1v) is 7.01. The largest absolute Gasteiger partial charge is 0.396 e. The minimum Gasteiger partial charge on any atom is -0.396 e. The van der Waals surface area contributed by atoms with Crippen LogP contribution in [0.15, 0.2) is 12.1 Å². The Morgan fingerprint density at radius 2 is 1.82 bits per heavy atom. The minimum absolute atomic E-state index is 0.188. The highest BCUT2D eigenvalue weighted by molar-refractivity contribution is 7.99. The maximum atomic E-state index is 12.0. The Hall–Kier alpha value is -0.800. The lowest BCUT2D eigenvalue weighted by molar-refractivity contribution is 0.102. The molecule has 0 unspecified atom stereocenters. The average Bonchev–Trinajstić information content (AvgIpc) is 2.29. The van der Waals surface area contributed by atoms with Crippen LogP contribution in [-0.2, 0) is 0 Å². The van der Waals surface area contributed by atoms with Crippen molar-refractivity contribution < 1.29 is 9.90 Å². The molecule has 0 aliphatic heterocycles. The Kier molecular flexibility index (Phi) is 5.72. The number of hydrogen-bond donors (Lipinski definition) is 1. The van der Waals surface area contributed by atoms with E-state index in [1.54, 1.807) is 11.8 Å². The minimum atomic E-state index is 0.188. The standard InChI is InChI=1S/C14H20O2S/c1-10-7-12(3)13(8-11(10)2)14(16)9-17-6-4-5-15/h7-8,15H,4-6,9H2,1-3H3. The fourth-order valence-corrected chi connectivity index (χ4v) is 2.49. The summed E-state index contributed by atoms with van der Waals surface area (Å²) < 4.78 is 0. The normalized spacial score (nSPS) is 10.6. The lowest BCUT2D eigenvalue weighted by Gasteiger charge is -2.08. The topological polar surface area (TPSA) is 37.3 Å². The molecule has 0 heterocycles. The van der Waals surface area contributed by atoms with Crippen LogP contribution in [0.3, 0.4) is 0 Å². The van der Waals surface area contributed by atoms with Crippen LogP contribution in [0.25, 0.3) is 0 Å². The van der Waals surface area contributed by atoms with E-state index in [9.17, 15) is 4.79 Å². The predicted molar refractivity (Wildman–Crippen MR) is 74.0 cm³/mol. The highest BCUT2D eigenvalue weighted by Gasteiger charge is 2.10. The summed E-state index contributed by atoms with van der Waals surface area (Å²) in [6, 6.07) is 4.06. The maximum absolute atomic E-state index is 12.0. The number of carbonyl (C=O) groups excluding carboxylic acids is 1. The first kappa shape index (κ1) is 14.3. The summed E-state index contributed by atoms with van der Waals surface area (Å²) in [5, 5.41) is 8.66. The number of Topliss-reactive ketones (excluding diaryl/α,β-unsaturated/α-hetero) is 1. The monoisotopic (exact) mass is 252 g/mol. The molecule has 3 heteroatoms. The predicted octanol–water partition coefficient (Wildman–Crippen LogP) is 2.91. The van der Waals surface area contributed by atoms with Gasteiger partial charge in [-0.2, -0.15) is 11.8 Å². The number of hydrogen-bond acceptors (Lipinski definition) is 3. The van der Waals surface area contributed by atoms with Crippen LogP contribution in [0.5, 0.6) is 0 Å². The summed E-state index contributed by atoms with van der Waals surface area (Å²) in [6.07, 6.45) is 0.754. The number of ketones is 1. The van der Waals surface area contributed by atoms with Crippen molar-refractivity contribution in [1.82, 2.24) is 0 Å². The number of aliphatic hydroxyl groups is 1. The fraction of sp³-hybridized carbons (Fsp3) is 0.500. The van der Waals surface area contributed by atoms with Crippen molar-refractivity contribution in [2.24, 2.45) is 0 Å². The van der Waals surface area contributed by atoms with E-state index in [1.807, 2.05) is 19.9 Å². The third kappa shape index (κ3) is 4.17. The van der Waals surface area contributed by atoms with Gasteiger partial charge in [0.05, 0.1) is 5.75 Å². The molecule has 0 saturated heterocycles. The molecule has 0 saturated carbocycles. The number of thioether (sulfide) groups is 1. The van der Waals surface area contributed by atoms with Gasteiger partial charge >= 0.3 is 0 Å². The molecule has 0 aromatic heterocycles. The van der Waals surface area contributed by atoms with Crippen molar-refractivity contribution in [2.45, 2.75) is 27.2 Å². The van der Waals surface area contributed by atoms with Gasteiger partial charge in [0, 0.05) is 12.2 Å². The maximum Gasteiger partial charge on any atom is 0.172 e. The molecular weight excluding hydrogens is 232 g/mol. The molecule has 0 aliphatic rings. The Morgan fingerprint density at radius 1 is 1.18 bits per heavy atom. The number of carbonyl (C=O) groups is 1. The average molecular weight is 252 g/mol. The number of benzene rings is 1. The number of rotatable bonds is 6. The van der Waals surface area contributed by atoms with Crippen molar-refractivity contribution in [3.05, 3.63) is 34.4 Å². The molecule has 0 fully saturated rings. The van der Waals surface area contributed by atoms with E-state index in [-0.39, 0.29) is 12.4 Å². The Morgan fingerprint density at radius 3 is 2.47 bits per heavy atom.